The Labute approximate surface area is 226 Å². The van der Waals surface area contributed by atoms with Crippen molar-refractivity contribution < 1.29 is 33.8 Å². The molecule has 2 heterocycles. The van der Waals surface area contributed by atoms with Crippen LogP contribution in [0.15, 0.2) is 54.7 Å². The zero-order valence-corrected chi connectivity index (χ0v) is 21.5. The number of pyridine rings is 1. The van der Waals surface area contributed by atoms with Crippen LogP contribution in [0.3, 0.4) is 0 Å². The van der Waals surface area contributed by atoms with Crippen molar-refractivity contribution in [3.8, 4) is 0 Å². The number of nitrogens with zero attached hydrogens (tertiary/aromatic N) is 2. The van der Waals surface area contributed by atoms with Crippen molar-refractivity contribution in [2.24, 2.45) is 5.92 Å². The van der Waals surface area contributed by atoms with Gasteiger partial charge in [-0.25, -0.2) is 14.6 Å². The third-order valence-corrected chi connectivity index (χ3v) is 6.52. The topological polar surface area (TPSA) is 159 Å². The lowest BCUT2D eigenvalue weighted by Crippen LogP contribution is -2.49. The standard InChI is InChI=1S/C27H33N5O7/c33-24(30-14-22(26(35)36)31-25(34)19-9-10-19)17-38-21-12-20(13-29-23-8-4-5-11-28-23)32(15-21)27(37)39-16-18-6-2-1-3-7-18/h1-8,11,19-22H,9-10,12-17H2,(H,28,29)(H,30,33)(H,31,34)(H,35,36). The summed E-state index contributed by atoms with van der Waals surface area (Å²) in [6.45, 7) is 0.192. The molecule has 4 rings (SSSR count). The lowest BCUT2D eigenvalue weighted by molar-refractivity contribution is -0.142. The van der Waals surface area contributed by atoms with E-state index in [0.29, 0.717) is 18.8 Å². The van der Waals surface area contributed by atoms with E-state index in [1.807, 2.05) is 48.5 Å². The molecule has 12 nitrogen and oxygen atoms in total. The summed E-state index contributed by atoms with van der Waals surface area (Å²) in [7, 11) is 0. The van der Waals surface area contributed by atoms with Crippen LogP contribution in [-0.4, -0.2) is 83.3 Å². The summed E-state index contributed by atoms with van der Waals surface area (Å²) in [5, 5.41) is 17.5. The van der Waals surface area contributed by atoms with Crippen LogP contribution in [0.2, 0.25) is 0 Å². The van der Waals surface area contributed by atoms with E-state index in [-0.39, 0.29) is 44.2 Å². The van der Waals surface area contributed by atoms with Crippen LogP contribution >= 0.6 is 0 Å². The number of aliphatic carboxylic acids is 1. The SMILES string of the molecule is O=C(COC1CC(CNc2ccccn2)N(C(=O)OCc2ccccc2)C1)NCC(NC(=O)C1CC1)C(=O)O. The van der Waals surface area contributed by atoms with E-state index >= 15 is 0 Å². The fraction of sp³-hybridized carbons (Fsp3) is 0.444. The fourth-order valence-electron chi connectivity index (χ4n) is 4.20. The molecule has 1 aliphatic carbocycles. The Hall–Kier alpha value is -4.19. The van der Waals surface area contributed by atoms with Crippen molar-refractivity contribution in [3.05, 3.63) is 60.3 Å². The summed E-state index contributed by atoms with van der Waals surface area (Å²) in [6, 6.07) is 13.4. The molecular weight excluding hydrogens is 506 g/mol. The second-order valence-corrected chi connectivity index (χ2v) is 9.59. The Balaban J connectivity index is 1.27. The van der Waals surface area contributed by atoms with E-state index in [4.69, 9.17) is 9.47 Å². The third kappa shape index (κ3) is 8.67. The van der Waals surface area contributed by atoms with E-state index in [0.717, 1.165) is 18.4 Å². The van der Waals surface area contributed by atoms with E-state index in [1.54, 1.807) is 11.1 Å². The Morgan fingerprint density at radius 2 is 1.85 bits per heavy atom. The van der Waals surface area contributed by atoms with E-state index in [1.165, 1.54) is 0 Å². The molecule has 3 atom stereocenters. The quantitative estimate of drug-likeness (QED) is 0.295. The van der Waals surface area contributed by atoms with Gasteiger partial charge in [0.15, 0.2) is 0 Å². The molecule has 3 amide bonds. The molecule has 2 aromatic rings. The number of benzene rings is 1. The number of ether oxygens (including phenoxy) is 2. The fourth-order valence-corrected chi connectivity index (χ4v) is 4.20. The molecule has 0 radical (unpaired) electrons. The molecule has 39 heavy (non-hydrogen) atoms. The van der Waals surface area contributed by atoms with Gasteiger partial charge < -0.3 is 35.4 Å². The summed E-state index contributed by atoms with van der Waals surface area (Å²) in [5.74, 6) is -1.54. The molecule has 1 aromatic carbocycles. The van der Waals surface area contributed by atoms with Crippen LogP contribution in [0.25, 0.3) is 0 Å². The van der Waals surface area contributed by atoms with Gasteiger partial charge in [-0.1, -0.05) is 36.4 Å². The van der Waals surface area contributed by atoms with Gasteiger partial charge in [-0.15, -0.1) is 0 Å². The van der Waals surface area contributed by atoms with Gasteiger partial charge in [0.2, 0.25) is 11.8 Å². The molecule has 12 heteroatoms. The number of aromatic nitrogens is 1. The number of hydrogen-bond donors (Lipinski definition) is 4. The number of likely N-dealkylation sites (tertiary alicyclic amines) is 1. The number of amides is 3. The van der Waals surface area contributed by atoms with Crippen molar-refractivity contribution in [2.45, 2.75) is 44.1 Å². The number of carbonyl (C=O) groups excluding carboxylic acids is 3. The van der Waals surface area contributed by atoms with Gasteiger partial charge in [0.25, 0.3) is 0 Å². The minimum Gasteiger partial charge on any atom is -0.480 e. The zero-order valence-electron chi connectivity index (χ0n) is 21.5. The summed E-state index contributed by atoms with van der Waals surface area (Å²) in [6.07, 6.45) is 2.70. The van der Waals surface area contributed by atoms with Gasteiger partial charge in [0.05, 0.1) is 18.7 Å². The van der Waals surface area contributed by atoms with Crippen LogP contribution in [0.5, 0.6) is 0 Å². The van der Waals surface area contributed by atoms with Crippen LogP contribution < -0.4 is 16.0 Å². The molecule has 208 valence electrons. The first-order chi connectivity index (χ1) is 18.9. The molecular formula is C27H33N5O7. The monoisotopic (exact) mass is 539 g/mol. The number of carboxylic acid groups (broad SMARTS) is 1. The summed E-state index contributed by atoms with van der Waals surface area (Å²) >= 11 is 0. The first-order valence-electron chi connectivity index (χ1n) is 12.9. The normalized spacial score (nSPS) is 19.1. The number of carbonyl (C=O) groups is 4. The van der Waals surface area contributed by atoms with Crippen molar-refractivity contribution >= 4 is 29.7 Å². The lowest BCUT2D eigenvalue weighted by Gasteiger charge is -2.24. The molecule has 1 aliphatic heterocycles. The molecule has 1 saturated carbocycles. The molecule has 1 saturated heterocycles. The second-order valence-electron chi connectivity index (χ2n) is 9.59. The molecule has 0 spiro atoms. The zero-order chi connectivity index (χ0) is 27.6. The van der Waals surface area contributed by atoms with Crippen LogP contribution in [0.4, 0.5) is 10.6 Å². The average molecular weight is 540 g/mol. The molecule has 0 bridgehead atoms. The highest BCUT2D eigenvalue weighted by Gasteiger charge is 2.37. The Morgan fingerprint density at radius 3 is 2.54 bits per heavy atom. The third-order valence-electron chi connectivity index (χ3n) is 6.52. The second kappa shape index (κ2) is 13.6. The number of anilines is 1. The molecule has 1 aromatic heterocycles. The largest absolute Gasteiger partial charge is 0.480 e. The highest BCUT2D eigenvalue weighted by atomic mass is 16.6. The van der Waals surface area contributed by atoms with Crippen LogP contribution in [-0.2, 0) is 30.5 Å². The minimum atomic E-state index is -1.23. The average Bonchev–Trinajstić information content (AvgIpc) is 3.72. The Bertz CT molecular complexity index is 1130. The van der Waals surface area contributed by atoms with Gasteiger partial charge in [0.1, 0.15) is 25.1 Å². The Morgan fingerprint density at radius 1 is 1.08 bits per heavy atom. The molecule has 3 unspecified atom stereocenters. The lowest BCUT2D eigenvalue weighted by atomic mass is 10.2. The maximum absolute atomic E-state index is 12.9. The van der Waals surface area contributed by atoms with E-state index in [2.05, 4.69) is 20.9 Å². The first kappa shape index (κ1) is 27.8. The number of rotatable bonds is 13. The summed E-state index contributed by atoms with van der Waals surface area (Å²) in [4.78, 5) is 54.5. The van der Waals surface area contributed by atoms with E-state index in [9.17, 15) is 24.3 Å². The highest BCUT2D eigenvalue weighted by Crippen LogP contribution is 2.28. The molecule has 4 N–H and O–H groups in total. The van der Waals surface area contributed by atoms with Gasteiger partial charge in [-0.3, -0.25) is 9.59 Å². The predicted octanol–water partition coefficient (Wildman–Crippen LogP) is 1.39. The summed E-state index contributed by atoms with van der Waals surface area (Å²) in [5.41, 5.74) is 0.866. The smallest absolute Gasteiger partial charge is 0.410 e. The van der Waals surface area contributed by atoms with Crippen LogP contribution in [0, 0.1) is 5.92 Å². The number of nitrogens with one attached hydrogen (secondary N) is 3. The maximum Gasteiger partial charge on any atom is 0.410 e. The Kier molecular flexibility index (Phi) is 9.68. The van der Waals surface area contributed by atoms with Crippen molar-refractivity contribution in [1.82, 2.24) is 20.5 Å². The maximum atomic E-state index is 12.9. The van der Waals surface area contributed by atoms with E-state index < -0.39 is 30.1 Å². The van der Waals surface area contributed by atoms with Crippen LogP contribution in [0.1, 0.15) is 24.8 Å². The van der Waals surface area contributed by atoms with Gasteiger partial charge in [-0.2, -0.15) is 0 Å². The predicted molar refractivity (Wildman–Crippen MR) is 140 cm³/mol. The summed E-state index contributed by atoms with van der Waals surface area (Å²) < 4.78 is 11.3. The van der Waals surface area contributed by atoms with Crippen molar-refractivity contribution in [1.29, 1.82) is 0 Å². The molecule has 2 aliphatic rings. The van der Waals surface area contributed by atoms with Gasteiger partial charge >= 0.3 is 12.1 Å². The number of carboxylic acids is 1. The minimum absolute atomic E-state index is 0.131. The van der Waals surface area contributed by atoms with Gasteiger partial charge in [-0.05, 0) is 37.0 Å². The highest BCUT2D eigenvalue weighted by molar-refractivity contribution is 5.87. The van der Waals surface area contributed by atoms with Crippen molar-refractivity contribution in [3.63, 3.8) is 0 Å². The number of hydrogen-bond acceptors (Lipinski definition) is 8. The van der Waals surface area contributed by atoms with Gasteiger partial charge in [0, 0.05) is 25.2 Å². The molecule has 2 fully saturated rings. The van der Waals surface area contributed by atoms with Crippen molar-refractivity contribution in [2.75, 3.05) is 31.6 Å². The first-order valence-corrected chi connectivity index (χ1v) is 12.9.